The van der Waals surface area contributed by atoms with Crippen molar-refractivity contribution in [3.8, 4) is 11.3 Å². The van der Waals surface area contributed by atoms with Crippen LogP contribution in [0.3, 0.4) is 0 Å². The highest BCUT2D eigenvalue weighted by atomic mass is 35.5. The van der Waals surface area contributed by atoms with E-state index in [9.17, 15) is 0 Å². The van der Waals surface area contributed by atoms with Gasteiger partial charge in [0.2, 0.25) is 0 Å². The molecule has 0 bridgehead atoms. The van der Waals surface area contributed by atoms with Gasteiger partial charge in [-0.2, -0.15) is 0 Å². The lowest BCUT2D eigenvalue weighted by molar-refractivity contribution is 1.06. The van der Waals surface area contributed by atoms with Crippen LogP contribution < -0.4 is 11.1 Å². The van der Waals surface area contributed by atoms with E-state index in [0.717, 1.165) is 32.5 Å². The van der Waals surface area contributed by atoms with Crippen molar-refractivity contribution >= 4 is 34.8 Å². The van der Waals surface area contributed by atoms with Crippen LogP contribution in [0.4, 0.5) is 5.13 Å². The van der Waals surface area contributed by atoms with E-state index in [-0.39, 0.29) is 12.4 Å². The van der Waals surface area contributed by atoms with Gasteiger partial charge in [-0.15, -0.1) is 23.7 Å². The minimum Gasteiger partial charge on any atom is -0.370 e. The Morgan fingerprint density at radius 2 is 2.00 bits per heavy atom. The third-order valence-electron chi connectivity index (χ3n) is 3.52. The number of aromatic nitrogens is 2. The van der Waals surface area contributed by atoms with Gasteiger partial charge >= 0.3 is 0 Å². The van der Waals surface area contributed by atoms with Crippen molar-refractivity contribution < 1.29 is 0 Å². The van der Waals surface area contributed by atoms with Crippen molar-refractivity contribution in [1.29, 1.82) is 0 Å². The summed E-state index contributed by atoms with van der Waals surface area (Å²) < 4.78 is 0. The van der Waals surface area contributed by atoms with E-state index in [1.54, 1.807) is 11.3 Å². The van der Waals surface area contributed by atoms with Crippen molar-refractivity contribution in [2.24, 2.45) is 10.7 Å². The fourth-order valence-electron chi connectivity index (χ4n) is 2.32. The van der Waals surface area contributed by atoms with Crippen LogP contribution in [0.25, 0.3) is 11.3 Å². The minimum absolute atomic E-state index is 0. The standard InChI is InChI=1S/C17H19N5S.ClH/c1-11-14(8-9-19-11)15-12(2)23-17(21-15)22-16(18)20-10-13-6-4-3-5-7-13;/h3-9,19H,10H2,1-2H3,(H3,18,20,21,22);1H. The largest absolute Gasteiger partial charge is 0.370 e. The Morgan fingerprint density at radius 3 is 2.67 bits per heavy atom. The van der Waals surface area contributed by atoms with Gasteiger partial charge < -0.3 is 16.0 Å². The Balaban J connectivity index is 0.00000208. The number of aromatic amines is 1. The molecule has 2 aromatic heterocycles. The van der Waals surface area contributed by atoms with E-state index in [2.05, 4.69) is 27.2 Å². The third-order valence-corrected chi connectivity index (χ3v) is 4.40. The first kappa shape index (κ1) is 18.0. The average Bonchev–Trinajstić information content (AvgIpc) is 3.11. The summed E-state index contributed by atoms with van der Waals surface area (Å²) in [6, 6.07) is 12.0. The smallest absolute Gasteiger partial charge is 0.195 e. The maximum absolute atomic E-state index is 5.96. The molecule has 0 fully saturated rings. The number of nitrogens with two attached hydrogens (primary N) is 1. The molecule has 0 saturated heterocycles. The summed E-state index contributed by atoms with van der Waals surface area (Å²) in [7, 11) is 0. The second kappa shape index (κ2) is 7.99. The van der Waals surface area contributed by atoms with Crippen LogP contribution in [0.5, 0.6) is 0 Å². The second-order valence-corrected chi connectivity index (χ2v) is 6.46. The van der Waals surface area contributed by atoms with E-state index in [1.165, 1.54) is 0 Å². The van der Waals surface area contributed by atoms with Crippen molar-refractivity contribution in [3.05, 3.63) is 58.7 Å². The Hall–Kier alpha value is -2.31. The number of thiazole rings is 1. The van der Waals surface area contributed by atoms with E-state index >= 15 is 0 Å². The van der Waals surface area contributed by atoms with Gasteiger partial charge in [-0.05, 0) is 25.5 Å². The van der Waals surface area contributed by atoms with Gasteiger partial charge in [0.05, 0.1) is 12.2 Å². The number of halogens is 1. The lowest BCUT2D eigenvalue weighted by Gasteiger charge is -2.02. The predicted molar refractivity (Wildman–Crippen MR) is 104 cm³/mol. The number of guanidine groups is 1. The summed E-state index contributed by atoms with van der Waals surface area (Å²) in [5.74, 6) is 0.375. The highest BCUT2D eigenvalue weighted by molar-refractivity contribution is 7.16. The molecule has 0 aliphatic heterocycles. The second-order valence-electron chi connectivity index (χ2n) is 5.25. The van der Waals surface area contributed by atoms with Crippen LogP contribution in [-0.4, -0.2) is 15.9 Å². The van der Waals surface area contributed by atoms with E-state index in [4.69, 9.17) is 5.73 Å². The lowest BCUT2D eigenvalue weighted by atomic mass is 10.2. The maximum Gasteiger partial charge on any atom is 0.195 e. The summed E-state index contributed by atoms with van der Waals surface area (Å²) >= 11 is 1.57. The first-order valence-electron chi connectivity index (χ1n) is 7.36. The molecule has 4 N–H and O–H groups in total. The molecule has 0 amide bonds. The van der Waals surface area contributed by atoms with Crippen molar-refractivity contribution in [2.75, 3.05) is 5.32 Å². The summed E-state index contributed by atoms with van der Waals surface area (Å²) in [5, 5.41) is 3.84. The van der Waals surface area contributed by atoms with Crippen molar-refractivity contribution in [1.82, 2.24) is 9.97 Å². The predicted octanol–water partition coefficient (Wildman–Crippen LogP) is 4.10. The normalized spacial score (nSPS) is 11.2. The van der Waals surface area contributed by atoms with Crippen LogP contribution in [0.2, 0.25) is 0 Å². The Morgan fingerprint density at radius 1 is 1.25 bits per heavy atom. The topological polar surface area (TPSA) is 79.1 Å². The Bertz CT molecular complexity index is 823. The van der Waals surface area contributed by atoms with Gasteiger partial charge in [0.25, 0.3) is 0 Å². The number of nitrogens with zero attached hydrogens (tertiary/aromatic N) is 2. The molecule has 2 heterocycles. The fourth-order valence-corrected chi connectivity index (χ4v) is 3.15. The Labute approximate surface area is 151 Å². The maximum atomic E-state index is 5.96. The minimum atomic E-state index is 0. The van der Waals surface area contributed by atoms with Crippen LogP contribution in [0.1, 0.15) is 16.1 Å². The summed E-state index contributed by atoms with van der Waals surface area (Å²) in [6.45, 7) is 4.65. The number of anilines is 1. The number of aryl methyl sites for hydroxylation is 2. The van der Waals surface area contributed by atoms with E-state index in [0.29, 0.717) is 12.5 Å². The van der Waals surface area contributed by atoms with Crippen LogP contribution in [0.15, 0.2) is 47.6 Å². The van der Waals surface area contributed by atoms with Gasteiger partial charge in [-0.3, -0.25) is 0 Å². The zero-order valence-electron chi connectivity index (χ0n) is 13.5. The number of hydrogen-bond acceptors (Lipinski definition) is 3. The number of benzene rings is 1. The van der Waals surface area contributed by atoms with Crippen LogP contribution >= 0.6 is 23.7 Å². The Kier molecular flexibility index (Phi) is 6.00. The molecule has 0 aliphatic rings. The first-order valence-corrected chi connectivity index (χ1v) is 8.18. The molecule has 0 aliphatic carbocycles. The van der Waals surface area contributed by atoms with Gasteiger partial charge in [-0.1, -0.05) is 30.3 Å². The number of hydrogen-bond donors (Lipinski definition) is 3. The number of nitrogens with one attached hydrogen (secondary N) is 2. The monoisotopic (exact) mass is 361 g/mol. The fraction of sp³-hybridized carbons (Fsp3) is 0.176. The van der Waals surface area contributed by atoms with Crippen LogP contribution in [0, 0.1) is 13.8 Å². The number of aliphatic imine (C=N–C) groups is 1. The zero-order valence-corrected chi connectivity index (χ0v) is 15.2. The molecule has 0 unspecified atom stereocenters. The molecular formula is C17H20ClN5S. The number of H-pyrrole nitrogens is 1. The SMILES string of the molecule is Cc1[nH]ccc1-c1nc(NC(N)=NCc2ccccc2)sc1C.Cl. The van der Waals surface area contributed by atoms with E-state index in [1.807, 2.05) is 49.5 Å². The summed E-state index contributed by atoms with van der Waals surface area (Å²) in [4.78, 5) is 13.3. The summed E-state index contributed by atoms with van der Waals surface area (Å²) in [6.07, 6.45) is 1.92. The van der Waals surface area contributed by atoms with E-state index < -0.39 is 0 Å². The van der Waals surface area contributed by atoms with Gasteiger partial charge in [0.15, 0.2) is 11.1 Å². The quantitative estimate of drug-likeness (QED) is 0.483. The molecule has 0 spiro atoms. The highest BCUT2D eigenvalue weighted by Crippen LogP contribution is 2.31. The molecular weight excluding hydrogens is 342 g/mol. The van der Waals surface area contributed by atoms with Gasteiger partial charge in [0.1, 0.15) is 0 Å². The number of rotatable bonds is 4. The average molecular weight is 362 g/mol. The molecule has 0 saturated carbocycles. The summed E-state index contributed by atoms with van der Waals surface area (Å²) in [5.41, 5.74) is 10.3. The van der Waals surface area contributed by atoms with Gasteiger partial charge in [-0.25, -0.2) is 9.98 Å². The molecule has 3 aromatic rings. The molecule has 5 nitrogen and oxygen atoms in total. The third kappa shape index (κ3) is 4.15. The highest BCUT2D eigenvalue weighted by Gasteiger charge is 2.12. The van der Waals surface area contributed by atoms with Crippen LogP contribution in [-0.2, 0) is 6.54 Å². The van der Waals surface area contributed by atoms with Crippen molar-refractivity contribution in [3.63, 3.8) is 0 Å². The molecule has 7 heteroatoms. The van der Waals surface area contributed by atoms with Crippen molar-refractivity contribution in [2.45, 2.75) is 20.4 Å². The van der Waals surface area contributed by atoms with Gasteiger partial charge in [0, 0.05) is 22.3 Å². The molecule has 0 radical (unpaired) electrons. The first-order chi connectivity index (χ1) is 11.1. The zero-order chi connectivity index (χ0) is 16.2. The molecule has 1 aromatic carbocycles. The molecule has 0 atom stereocenters. The lowest BCUT2D eigenvalue weighted by Crippen LogP contribution is -2.22. The molecule has 3 rings (SSSR count). The molecule has 126 valence electrons. The molecule has 24 heavy (non-hydrogen) atoms.